The number of aryl methyl sites for hydroxylation is 1. The van der Waals surface area contributed by atoms with E-state index in [0.29, 0.717) is 34.9 Å². The molecule has 2 N–H and O–H groups in total. The van der Waals surface area contributed by atoms with E-state index in [0.717, 1.165) is 35.4 Å². The van der Waals surface area contributed by atoms with Crippen LogP contribution in [0.1, 0.15) is 0 Å². The molecule has 0 bridgehead atoms. The minimum Gasteiger partial charge on any atom is -0.492 e. The van der Waals surface area contributed by atoms with Gasteiger partial charge in [0.05, 0.1) is 22.5 Å². The van der Waals surface area contributed by atoms with Crippen molar-refractivity contribution in [2.75, 3.05) is 44.0 Å². The molecule has 0 saturated carbocycles. The summed E-state index contributed by atoms with van der Waals surface area (Å²) in [5.41, 5.74) is 2.95. The zero-order valence-corrected chi connectivity index (χ0v) is 20.7. The average molecular weight is 535 g/mol. The first-order chi connectivity index (χ1) is 15.9. The van der Waals surface area contributed by atoms with Crippen LogP contribution >= 0.6 is 27.5 Å². The van der Waals surface area contributed by atoms with Gasteiger partial charge in [-0.25, -0.2) is 4.79 Å². The number of hydrogen-bond acceptors (Lipinski definition) is 5. The maximum absolute atomic E-state index is 12.5. The first-order valence-corrected chi connectivity index (χ1v) is 11.6. The standard InChI is InChI=1S/C23H25BrClN5O3/c1-29-22(20(24)12-26-29)19-11-17(28-23(31)27-16-5-3-15(25)4-6-16)7-8-21(19)33-10-9-30-13-18(14-30)32-2/h3-8,11-12,18H,9-10,13-14H2,1-2H3,(H2,27,28,31). The molecule has 4 rings (SSSR count). The van der Waals surface area contributed by atoms with Gasteiger partial charge in [0.15, 0.2) is 0 Å². The Morgan fingerprint density at radius 3 is 2.55 bits per heavy atom. The Labute approximate surface area is 205 Å². The van der Waals surface area contributed by atoms with E-state index in [2.05, 4.69) is 36.6 Å². The summed E-state index contributed by atoms with van der Waals surface area (Å²) in [6, 6.07) is 12.1. The lowest BCUT2D eigenvalue weighted by Crippen LogP contribution is -2.52. The molecule has 0 spiro atoms. The van der Waals surface area contributed by atoms with Gasteiger partial charge in [-0.2, -0.15) is 5.10 Å². The predicted molar refractivity (Wildman–Crippen MR) is 133 cm³/mol. The second-order valence-corrected chi connectivity index (χ2v) is 9.02. The summed E-state index contributed by atoms with van der Waals surface area (Å²) in [7, 11) is 3.60. The monoisotopic (exact) mass is 533 g/mol. The van der Waals surface area contributed by atoms with E-state index in [1.807, 2.05) is 25.2 Å². The van der Waals surface area contributed by atoms with E-state index in [1.165, 1.54) is 0 Å². The number of rotatable bonds is 8. The highest BCUT2D eigenvalue weighted by Gasteiger charge is 2.26. The molecule has 3 aromatic rings. The van der Waals surface area contributed by atoms with Gasteiger partial charge in [0.25, 0.3) is 0 Å². The lowest BCUT2D eigenvalue weighted by molar-refractivity contribution is -0.0333. The molecule has 0 aliphatic carbocycles. The Morgan fingerprint density at radius 1 is 1.18 bits per heavy atom. The fraction of sp³-hybridized carbons (Fsp3) is 0.304. The molecule has 174 valence electrons. The third-order valence-electron chi connectivity index (χ3n) is 5.41. The maximum atomic E-state index is 12.5. The molecule has 2 heterocycles. The molecule has 10 heteroatoms. The van der Waals surface area contributed by atoms with Crippen LogP contribution in [-0.2, 0) is 11.8 Å². The molecule has 2 aromatic carbocycles. The molecule has 1 aliphatic rings. The highest BCUT2D eigenvalue weighted by Crippen LogP contribution is 2.36. The topological polar surface area (TPSA) is 80.7 Å². The van der Waals surface area contributed by atoms with Gasteiger partial charge in [0, 0.05) is 55.8 Å². The number of carbonyl (C=O) groups is 1. The fourth-order valence-electron chi connectivity index (χ4n) is 3.60. The fourth-order valence-corrected chi connectivity index (χ4v) is 4.29. The minimum atomic E-state index is -0.355. The van der Waals surface area contributed by atoms with Gasteiger partial charge in [-0.15, -0.1) is 0 Å². The third kappa shape index (κ3) is 5.86. The molecular formula is C23H25BrClN5O3. The smallest absolute Gasteiger partial charge is 0.323 e. The quantitative estimate of drug-likeness (QED) is 0.432. The summed E-state index contributed by atoms with van der Waals surface area (Å²) in [4.78, 5) is 14.8. The Bertz CT molecular complexity index is 1100. The Hall–Kier alpha value is -2.59. The van der Waals surface area contributed by atoms with Crippen molar-refractivity contribution in [2.45, 2.75) is 6.10 Å². The van der Waals surface area contributed by atoms with Crippen molar-refractivity contribution in [1.29, 1.82) is 0 Å². The van der Waals surface area contributed by atoms with Crippen molar-refractivity contribution in [1.82, 2.24) is 14.7 Å². The first kappa shape index (κ1) is 23.6. The van der Waals surface area contributed by atoms with Crippen molar-refractivity contribution in [3.63, 3.8) is 0 Å². The summed E-state index contributed by atoms with van der Waals surface area (Å²) >= 11 is 9.47. The number of ether oxygens (including phenoxy) is 2. The number of aromatic nitrogens is 2. The largest absolute Gasteiger partial charge is 0.492 e. The second kappa shape index (κ2) is 10.6. The number of nitrogens with one attached hydrogen (secondary N) is 2. The molecule has 8 nitrogen and oxygen atoms in total. The highest BCUT2D eigenvalue weighted by atomic mass is 79.9. The van der Waals surface area contributed by atoms with Gasteiger partial charge >= 0.3 is 6.03 Å². The maximum Gasteiger partial charge on any atom is 0.323 e. The lowest BCUT2D eigenvalue weighted by atomic mass is 10.1. The number of carbonyl (C=O) groups excluding carboxylic acids is 1. The van der Waals surface area contributed by atoms with Gasteiger partial charge in [-0.1, -0.05) is 11.6 Å². The normalized spacial score (nSPS) is 14.1. The van der Waals surface area contributed by atoms with Gasteiger partial charge in [-0.3, -0.25) is 9.58 Å². The van der Waals surface area contributed by atoms with Crippen LogP contribution in [0.15, 0.2) is 53.1 Å². The molecule has 33 heavy (non-hydrogen) atoms. The molecule has 0 unspecified atom stereocenters. The number of nitrogens with zero attached hydrogens (tertiary/aromatic N) is 3. The molecule has 1 fully saturated rings. The molecule has 1 saturated heterocycles. The number of urea groups is 1. The number of methoxy groups -OCH3 is 1. The van der Waals surface area contributed by atoms with E-state index in [9.17, 15) is 4.79 Å². The van der Waals surface area contributed by atoms with Crippen LogP contribution in [0.5, 0.6) is 5.75 Å². The zero-order chi connectivity index (χ0) is 23.4. The van der Waals surface area contributed by atoms with Crippen molar-refractivity contribution in [3.8, 4) is 17.0 Å². The number of anilines is 2. The second-order valence-electron chi connectivity index (χ2n) is 7.73. The molecule has 2 amide bonds. The number of likely N-dealkylation sites (tertiary alicyclic amines) is 1. The average Bonchev–Trinajstić information content (AvgIpc) is 3.10. The lowest BCUT2D eigenvalue weighted by Gasteiger charge is -2.37. The van der Waals surface area contributed by atoms with Crippen molar-refractivity contribution >= 4 is 44.9 Å². The predicted octanol–water partition coefficient (Wildman–Crippen LogP) is 4.86. The van der Waals surface area contributed by atoms with Gasteiger partial charge in [0.2, 0.25) is 0 Å². The van der Waals surface area contributed by atoms with E-state index >= 15 is 0 Å². The van der Waals surface area contributed by atoms with Gasteiger partial charge < -0.3 is 20.1 Å². The summed E-state index contributed by atoms with van der Waals surface area (Å²) in [5, 5.41) is 10.6. The van der Waals surface area contributed by atoms with Crippen LogP contribution in [0.2, 0.25) is 5.02 Å². The van der Waals surface area contributed by atoms with Crippen LogP contribution in [0.25, 0.3) is 11.3 Å². The Balaban J connectivity index is 1.47. The van der Waals surface area contributed by atoms with Crippen LogP contribution < -0.4 is 15.4 Å². The van der Waals surface area contributed by atoms with Crippen LogP contribution in [-0.4, -0.2) is 60.2 Å². The SMILES string of the molecule is COC1CN(CCOc2ccc(NC(=O)Nc3ccc(Cl)cc3)cc2-c2c(Br)cnn2C)C1. The van der Waals surface area contributed by atoms with Gasteiger partial charge in [-0.05, 0) is 58.4 Å². The zero-order valence-electron chi connectivity index (χ0n) is 18.3. The summed E-state index contributed by atoms with van der Waals surface area (Å²) in [6.45, 7) is 3.20. The van der Waals surface area contributed by atoms with E-state index in [1.54, 1.807) is 42.3 Å². The highest BCUT2D eigenvalue weighted by molar-refractivity contribution is 9.10. The Morgan fingerprint density at radius 2 is 1.88 bits per heavy atom. The molecule has 1 aliphatic heterocycles. The molecule has 0 atom stereocenters. The van der Waals surface area contributed by atoms with E-state index < -0.39 is 0 Å². The molecular weight excluding hydrogens is 510 g/mol. The van der Waals surface area contributed by atoms with Gasteiger partial charge in [0.1, 0.15) is 12.4 Å². The van der Waals surface area contributed by atoms with E-state index in [4.69, 9.17) is 21.1 Å². The minimum absolute atomic E-state index is 0.315. The summed E-state index contributed by atoms with van der Waals surface area (Å²) in [6.07, 6.45) is 2.05. The van der Waals surface area contributed by atoms with Crippen LogP contribution in [0.3, 0.4) is 0 Å². The Kier molecular flexibility index (Phi) is 7.54. The number of benzene rings is 2. The van der Waals surface area contributed by atoms with Crippen molar-refractivity contribution in [2.24, 2.45) is 7.05 Å². The third-order valence-corrected chi connectivity index (χ3v) is 6.24. The summed E-state index contributed by atoms with van der Waals surface area (Å²) in [5.74, 6) is 0.715. The molecule has 1 aromatic heterocycles. The first-order valence-electron chi connectivity index (χ1n) is 10.5. The van der Waals surface area contributed by atoms with Crippen LogP contribution in [0.4, 0.5) is 16.2 Å². The van der Waals surface area contributed by atoms with Crippen molar-refractivity contribution in [3.05, 3.63) is 58.2 Å². The number of hydrogen-bond donors (Lipinski definition) is 2. The van der Waals surface area contributed by atoms with Crippen LogP contribution in [0, 0.1) is 0 Å². The van der Waals surface area contributed by atoms with E-state index in [-0.39, 0.29) is 6.03 Å². The number of halogens is 2. The molecule has 0 radical (unpaired) electrons. The number of amides is 2. The summed E-state index contributed by atoms with van der Waals surface area (Å²) < 4.78 is 14.1. The van der Waals surface area contributed by atoms with Crippen molar-refractivity contribution < 1.29 is 14.3 Å².